The first kappa shape index (κ1) is 16.6. The van der Waals surface area contributed by atoms with Gasteiger partial charge in [-0.2, -0.15) is 0 Å². The molecule has 2 rings (SSSR count). The van der Waals surface area contributed by atoms with E-state index in [1.165, 1.54) is 18.5 Å². The van der Waals surface area contributed by atoms with Gasteiger partial charge in [0.2, 0.25) is 0 Å². The Morgan fingerprint density at radius 1 is 1.41 bits per heavy atom. The molecule has 5 nitrogen and oxygen atoms in total. The van der Waals surface area contributed by atoms with Crippen molar-refractivity contribution >= 4 is 11.7 Å². The highest BCUT2D eigenvalue weighted by Gasteiger charge is 2.17. The van der Waals surface area contributed by atoms with Gasteiger partial charge in [0, 0.05) is 31.9 Å². The maximum Gasteiger partial charge on any atom is 0.317 e. The molecule has 1 aromatic carbocycles. The number of hydrogen-bond donors (Lipinski definition) is 2. The van der Waals surface area contributed by atoms with Crippen molar-refractivity contribution < 1.29 is 9.90 Å². The molecule has 1 heterocycles. The molecule has 1 aliphatic rings. The van der Waals surface area contributed by atoms with Crippen molar-refractivity contribution in [3.8, 4) is 0 Å². The van der Waals surface area contributed by atoms with Crippen LogP contribution in [-0.2, 0) is 0 Å². The minimum Gasteiger partial charge on any atom is -0.395 e. The summed E-state index contributed by atoms with van der Waals surface area (Å²) in [5.41, 5.74) is 2.34. The van der Waals surface area contributed by atoms with Gasteiger partial charge in [0.05, 0.1) is 12.6 Å². The number of likely N-dealkylation sites (N-methyl/N-ethyl adjacent to an activating group) is 1. The first-order chi connectivity index (χ1) is 10.7. The van der Waals surface area contributed by atoms with Crippen LogP contribution in [0.1, 0.15) is 38.3 Å². The van der Waals surface area contributed by atoms with Crippen molar-refractivity contribution in [2.24, 2.45) is 0 Å². The second-order valence-corrected chi connectivity index (χ2v) is 5.76. The van der Waals surface area contributed by atoms with Crippen molar-refractivity contribution in [1.82, 2.24) is 10.2 Å². The van der Waals surface area contributed by atoms with Crippen molar-refractivity contribution in [2.45, 2.75) is 32.7 Å². The van der Waals surface area contributed by atoms with Crippen molar-refractivity contribution in [1.29, 1.82) is 0 Å². The molecule has 0 bridgehead atoms. The van der Waals surface area contributed by atoms with Crippen LogP contribution in [0.25, 0.3) is 0 Å². The Balaban J connectivity index is 2.01. The van der Waals surface area contributed by atoms with E-state index in [0.717, 1.165) is 18.7 Å². The monoisotopic (exact) mass is 305 g/mol. The van der Waals surface area contributed by atoms with E-state index in [4.69, 9.17) is 5.11 Å². The molecule has 1 aromatic rings. The maximum atomic E-state index is 12.2. The number of carbonyl (C=O) groups excluding carboxylic acids is 1. The summed E-state index contributed by atoms with van der Waals surface area (Å²) in [7, 11) is 0. The van der Waals surface area contributed by atoms with E-state index in [2.05, 4.69) is 28.4 Å². The van der Waals surface area contributed by atoms with Crippen molar-refractivity contribution in [2.75, 3.05) is 37.7 Å². The number of anilines is 1. The second kappa shape index (κ2) is 8.03. The number of nitrogens with one attached hydrogen (secondary N) is 1. The molecule has 2 amide bonds. The highest BCUT2D eigenvalue weighted by Crippen LogP contribution is 2.24. The molecule has 0 spiro atoms. The molecule has 1 aliphatic heterocycles. The SMILES string of the molecule is CCN(CCO)C(=O)NC(C)c1cccc(N2CCCC2)c1. The largest absolute Gasteiger partial charge is 0.395 e. The Hall–Kier alpha value is -1.75. The molecule has 1 unspecified atom stereocenters. The predicted octanol–water partition coefficient (Wildman–Crippen LogP) is 2.37. The van der Waals surface area contributed by atoms with Crippen LogP contribution in [0.3, 0.4) is 0 Å². The highest BCUT2D eigenvalue weighted by atomic mass is 16.3. The highest BCUT2D eigenvalue weighted by molar-refractivity contribution is 5.74. The fourth-order valence-corrected chi connectivity index (χ4v) is 2.85. The molecule has 1 atom stereocenters. The lowest BCUT2D eigenvalue weighted by Crippen LogP contribution is -2.42. The fraction of sp³-hybridized carbons (Fsp3) is 0.588. The van der Waals surface area contributed by atoms with Crippen LogP contribution in [0, 0.1) is 0 Å². The van der Waals surface area contributed by atoms with Gasteiger partial charge in [-0.3, -0.25) is 0 Å². The van der Waals surface area contributed by atoms with E-state index in [0.29, 0.717) is 13.1 Å². The van der Waals surface area contributed by atoms with Gasteiger partial charge in [0.25, 0.3) is 0 Å². The van der Waals surface area contributed by atoms with E-state index < -0.39 is 0 Å². The summed E-state index contributed by atoms with van der Waals surface area (Å²) in [5.74, 6) is 0. The standard InChI is InChI=1S/C17H27N3O2/c1-3-19(11-12-21)17(22)18-14(2)15-7-6-8-16(13-15)20-9-4-5-10-20/h6-8,13-14,21H,3-5,9-12H2,1-2H3,(H,18,22). The minimum absolute atomic E-state index is 0.0138. The number of hydrogen-bond acceptors (Lipinski definition) is 3. The zero-order chi connectivity index (χ0) is 15.9. The van der Waals surface area contributed by atoms with E-state index in [9.17, 15) is 4.79 Å². The Morgan fingerprint density at radius 3 is 2.77 bits per heavy atom. The lowest BCUT2D eigenvalue weighted by atomic mass is 10.1. The Labute approximate surface area is 132 Å². The zero-order valence-corrected chi connectivity index (χ0v) is 13.6. The summed E-state index contributed by atoms with van der Waals surface area (Å²) in [6.07, 6.45) is 2.51. The van der Waals surface area contributed by atoms with E-state index in [-0.39, 0.29) is 18.7 Å². The molecule has 0 saturated carbocycles. The molecule has 22 heavy (non-hydrogen) atoms. The quantitative estimate of drug-likeness (QED) is 0.848. The number of amides is 2. The zero-order valence-electron chi connectivity index (χ0n) is 13.6. The Bertz CT molecular complexity index is 487. The van der Waals surface area contributed by atoms with Crippen molar-refractivity contribution in [3.05, 3.63) is 29.8 Å². The maximum absolute atomic E-state index is 12.2. The van der Waals surface area contributed by atoms with E-state index in [1.54, 1.807) is 4.90 Å². The average Bonchev–Trinajstić information content (AvgIpc) is 3.07. The number of aliphatic hydroxyl groups is 1. The molecule has 0 radical (unpaired) electrons. The minimum atomic E-state index is -0.129. The van der Waals surface area contributed by atoms with Crippen LogP contribution in [0.4, 0.5) is 10.5 Å². The first-order valence-corrected chi connectivity index (χ1v) is 8.17. The number of rotatable bonds is 6. The normalized spacial score (nSPS) is 15.7. The third-order valence-electron chi connectivity index (χ3n) is 4.22. The van der Waals surface area contributed by atoms with Gasteiger partial charge < -0.3 is 20.2 Å². The smallest absolute Gasteiger partial charge is 0.317 e. The topological polar surface area (TPSA) is 55.8 Å². The number of carbonyl (C=O) groups is 1. The summed E-state index contributed by atoms with van der Waals surface area (Å²) in [4.78, 5) is 16.2. The van der Waals surface area contributed by atoms with Gasteiger partial charge in [-0.1, -0.05) is 12.1 Å². The van der Waals surface area contributed by atoms with Gasteiger partial charge in [-0.05, 0) is 44.4 Å². The molecular weight excluding hydrogens is 278 g/mol. The van der Waals surface area contributed by atoms with Gasteiger partial charge in [-0.15, -0.1) is 0 Å². The summed E-state index contributed by atoms with van der Waals surface area (Å²) < 4.78 is 0. The summed E-state index contributed by atoms with van der Waals surface area (Å²) in [6.45, 7) is 7.08. The van der Waals surface area contributed by atoms with Crippen LogP contribution in [0.2, 0.25) is 0 Å². The predicted molar refractivity (Wildman–Crippen MR) is 89.2 cm³/mol. The van der Waals surface area contributed by atoms with Crippen molar-refractivity contribution in [3.63, 3.8) is 0 Å². The van der Waals surface area contributed by atoms with Crippen LogP contribution < -0.4 is 10.2 Å². The Kier molecular flexibility index (Phi) is 6.07. The second-order valence-electron chi connectivity index (χ2n) is 5.76. The molecule has 1 saturated heterocycles. The van der Waals surface area contributed by atoms with Gasteiger partial charge >= 0.3 is 6.03 Å². The summed E-state index contributed by atoms with van der Waals surface area (Å²) >= 11 is 0. The van der Waals surface area contributed by atoms with Crippen LogP contribution in [-0.4, -0.2) is 48.8 Å². The summed E-state index contributed by atoms with van der Waals surface area (Å²) in [6, 6.07) is 8.22. The lowest BCUT2D eigenvalue weighted by molar-refractivity contribution is 0.178. The number of nitrogens with zero attached hydrogens (tertiary/aromatic N) is 2. The van der Waals surface area contributed by atoms with Gasteiger partial charge in [0.15, 0.2) is 0 Å². The van der Waals surface area contributed by atoms with Gasteiger partial charge in [0.1, 0.15) is 0 Å². The molecular formula is C17H27N3O2. The third kappa shape index (κ3) is 4.13. The average molecular weight is 305 g/mol. The van der Waals surface area contributed by atoms with Crippen LogP contribution in [0.15, 0.2) is 24.3 Å². The molecule has 122 valence electrons. The third-order valence-corrected chi connectivity index (χ3v) is 4.22. The molecule has 5 heteroatoms. The Morgan fingerprint density at radius 2 is 2.14 bits per heavy atom. The lowest BCUT2D eigenvalue weighted by Gasteiger charge is -2.24. The fourth-order valence-electron chi connectivity index (χ4n) is 2.85. The molecule has 1 fully saturated rings. The van der Waals surface area contributed by atoms with Crippen LogP contribution >= 0.6 is 0 Å². The molecule has 0 aromatic heterocycles. The summed E-state index contributed by atoms with van der Waals surface area (Å²) in [5, 5.41) is 12.0. The van der Waals surface area contributed by atoms with E-state index in [1.807, 2.05) is 19.9 Å². The van der Waals surface area contributed by atoms with E-state index >= 15 is 0 Å². The number of aliphatic hydroxyl groups excluding tert-OH is 1. The van der Waals surface area contributed by atoms with Crippen LogP contribution in [0.5, 0.6) is 0 Å². The van der Waals surface area contributed by atoms with Gasteiger partial charge in [-0.25, -0.2) is 4.79 Å². The molecule has 2 N–H and O–H groups in total. The molecule has 0 aliphatic carbocycles. The first-order valence-electron chi connectivity index (χ1n) is 8.17. The number of benzene rings is 1. The number of urea groups is 1.